The van der Waals surface area contributed by atoms with Gasteiger partial charge in [0.15, 0.2) is 6.61 Å². The molecule has 0 saturated carbocycles. The summed E-state index contributed by atoms with van der Waals surface area (Å²) in [6.07, 6.45) is 0.359. The zero-order chi connectivity index (χ0) is 17.6. The second kappa shape index (κ2) is 7.98. The lowest BCUT2D eigenvalue weighted by Gasteiger charge is -2.34. The molecule has 1 fully saturated rings. The number of fused-ring (bicyclic) bond motifs is 1. The van der Waals surface area contributed by atoms with E-state index in [1.54, 1.807) is 9.80 Å². The van der Waals surface area contributed by atoms with Crippen LogP contribution in [0.5, 0.6) is 5.75 Å². The van der Waals surface area contributed by atoms with Gasteiger partial charge in [0.25, 0.3) is 5.91 Å². The Kier molecular flexibility index (Phi) is 5.50. The van der Waals surface area contributed by atoms with E-state index in [9.17, 15) is 9.59 Å². The summed E-state index contributed by atoms with van der Waals surface area (Å²) in [5.41, 5.74) is 5.42. The molecule has 2 amide bonds. The smallest absolute Gasteiger partial charge is 0.260 e. The molecular weight excluding hydrogens is 318 g/mol. The summed E-state index contributed by atoms with van der Waals surface area (Å²) in [5, 5.41) is 2.08. The molecule has 25 heavy (non-hydrogen) atoms. The molecular formula is C19H23N3O3. The van der Waals surface area contributed by atoms with Crippen molar-refractivity contribution in [2.24, 2.45) is 5.73 Å². The van der Waals surface area contributed by atoms with Crippen LogP contribution in [0.1, 0.15) is 6.42 Å². The predicted octanol–water partition coefficient (Wildman–Crippen LogP) is 1.24. The Labute approximate surface area is 147 Å². The lowest BCUT2D eigenvalue weighted by atomic mass is 10.1. The second-order valence-corrected chi connectivity index (χ2v) is 6.07. The summed E-state index contributed by atoms with van der Waals surface area (Å²) >= 11 is 0. The number of piperazine rings is 1. The molecule has 0 radical (unpaired) electrons. The van der Waals surface area contributed by atoms with Gasteiger partial charge in [-0.15, -0.1) is 0 Å². The van der Waals surface area contributed by atoms with Crippen molar-refractivity contribution >= 4 is 22.6 Å². The van der Waals surface area contributed by atoms with Gasteiger partial charge in [0, 0.05) is 44.5 Å². The van der Waals surface area contributed by atoms with Crippen LogP contribution < -0.4 is 10.5 Å². The monoisotopic (exact) mass is 341 g/mol. The van der Waals surface area contributed by atoms with E-state index in [2.05, 4.69) is 0 Å². The van der Waals surface area contributed by atoms with Crippen LogP contribution in [0.3, 0.4) is 0 Å². The van der Waals surface area contributed by atoms with Gasteiger partial charge in [-0.3, -0.25) is 9.59 Å². The standard InChI is InChI=1S/C19H23N3O3/c20-9-8-18(23)21-10-12-22(13-11-21)19(24)14-25-17-7-3-5-15-4-1-2-6-16(15)17/h1-7H,8-14,20H2. The summed E-state index contributed by atoms with van der Waals surface area (Å²) in [5.74, 6) is 0.712. The van der Waals surface area contributed by atoms with Crippen LogP contribution in [0.2, 0.25) is 0 Å². The maximum absolute atomic E-state index is 12.4. The molecule has 6 heteroatoms. The summed E-state index contributed by atoms with van der Waals surface area (Å²) in [6, 6.07) is 13.7. The molecule has 1 heterocycles. The van der Waals surface area contributed by atoms with Gasteiger partial charge in [-0.1, -0.05) is 36.4 Å². The predicted molar refractivity (Wildman–Crippen MR) is 96.3 cm³/mol. The summed E-state index contributed by atoms with van der Waals surface area (Å²) in [4.78, 5) is 27.7. The van der Waals surface area contributed by atoms with E-state index in [1.165, 1.54) is 0 Å². The molecule has 0 aromatic heterocycles. The Bertz CT molecular complexity index is 749. The van der Waals surface area contributed by atoms with Crippen LogP contribution in [-0.2, 0) is 9.59 Å². The van der Waals surface area contributed by atoms with E-state index in [1.807, 2.05) is 42.5 Å². The SMILES string of the molecule is NCCC(=O)N1CCN(C(=O)COc2cccc3ccccc23)CC1. The first-order valence-corrected chi connectivity index (χ1v) is 8.55. The first kappa shape index (κ1) is 17.2. The summed E-state index contributed by atoms with van der Waals surface area (Å²) in [7, 11) is 0. The molecule has 2 aromatic rings. The van der Waals surface area contributed by atoms with E-state index < -0.39 is 0 Å². The number of carbonyl (C=O) groups excluding carboxylic acids is 2. The molecule has 0 unspecified atom stereocenters. The highest BCUT2D eigenvalue weighted by molar-refractivity contribution is 5.88. The minimum Gasteiger partial charge on any atom is -0.483 e. The number of amides is 2. The molecule has 0 atom stereocenters. The molecule has 2 N–H and O–H groups in total. The van der Waals surface area contributed by atoms with Crippen molar-refractivity contribution in [3.8, 4) is 5.75 Å². The van der Waals surface area contributed by atoms with Crippen molar-refractivity contribution in [1.82, 2.24) is 9.80 Å². The fourth-order valence-electron chi connectivity index (χ4n) is 3.04. The number of nitrogens with zero attached hydrogens (tertiary/aromatic N) is 2. The third kappa shape index (κ3) is 4.09. The number of carbonyl (C=O) groups is 2. The van der Waals surface area contributed by atoms with Crippen molar-refractivity contribution in [3.63, 3.8) is 0 Å². The Morgan fingerprint density at radius 2 is 1.56 bits per heavy atom. The number of nitrogens with two attached hydrogens (primary N) is 1. The molecule has 6 nitrogen and oxygen atoms in total. The molecule has 0 aliphatic carbocycles. The largest absolute Gasteiger partial charge is 0.483 e. The van der Waals surface area contributed by atoms with Gasteiger partial charge in [-0.2, -0.15) is 0 Å². The van der Waals surface area contributed by atoms with Gasteiger partial charge < -0.3 is 20.3 Å². The number of ether oxygens (including phenoxy) is 1. The minimum atomic E-state index is -0.0566. The molecule has 3 rings (SSSR count). The Hall–Kier alpha value is -2.60. The van der Waals surface area contributed by atoms with Gasteiger partial charge in [0.2, 0.25) is 5.91 Å². The highest BCUT2D eigenvalue weighted by Gasteiger charge is 2.23. The fourth-order valence-corrected chi connectivity index (χ4v) is 3.04. The third-order valence-corrected chi connectivity index (χ3v) is 4.44. The molecule has 1 aliphatic rings. The van der Waals surface area contributed by atoms with Crippen LogP contribution >= 0.6 is 0 Å². The maximum atomic E-state index is 12.4. The normalized spacial score (nSPS) is 14.6. The van der Waals surface area contributed by atoms with Crippen LogP contribution in [0.15, 0.2) is 42.5 Å². The summed E-state index contributed by atoms with van der Waals surface area (Å²) in [6.45, 7) is 2.54. The molecule has 0 spiro atoms. The summed E-state index contributed by atoms with van der Waals surface area (Å²) < 4.78 is 5.76. The average Bonchev–Trinajstić information content (AvgIpc) is 2.66. The lowest BCUT2D eigenvalue weighted by molar-refractivity contribution is -0.140. The average molecular weight is 341 g/mol. The molecule has 1 saturated heterocycles. The van der Waals surface area contributed by atoms with Crippen molar-refractivity contribution in [2.45, 2.75) is 6.42 Å². The van der Waals surface area contributed by atoms with Gasteiger partial charge >= 0.3 is 0 Å². The van der Waals surface area contributed by atoms with Crippen molar-refractivity contribution in [1.29, 1.82) is 0 Å². The Morgan fingerprint density at radius 3 is 2.28 bits per heavy atom. The maximum Gasteiger partial charge on any atom is 0.260 e. The molecule has 1 aliphatic heterocycles. The zero-order valence-electron chi connectivity index (χ0n) is 14.2. The van der Waals surface area contributed by atoms with Gasteiger partial charge in [-0.25, -0.2) is 0 Å². The number of rotatable bonds is 5. The number of hydrogen-bond acceptors (Lipinski definition) is 4. The molecule has 132 valence electrons. The first-order valence-electron chi connectivity index (χ1n) is 8.55. The van der Waals surface area contributed by atoms with Gasteiger partial charge in [0.05, 0.1) is 0 Å². The Balaban J connectivity index is 1.54. The number of benzene rings is 2. The van der Waals surface area contributed by atoms with Crippen LogP contribution in [-0.4, -0.2) is 60.9 Å². The third-order valence-electron chi connectivity index (χ3n) is 4.44. The highest BCUT2D eigenvalue weighted by Crippen LogP contribution is 2.25. The van der Waals surface area contributed by atoms with E-state index in [0.29, 0.717) is 44.9 Å². The van der Waals surface area contributed by atoms with E-state index >= 15 is 0 Å². The quantitative estimate of drug-likeness (QED) is 0.888. The van der Waals surface area contributed by atoms with E-state index in [-0.39, 0.29) is 18.4 Å². The lowest BCUT2D eigenvalue weighted by Crippen LogP contribution is -2.51. The molecule has 2 aromatic carbocycles. The van der Waals surface area contributed by atoms with Gasteiger partial charge in [-0.05, 0) is 11.5 Å². The topological polar surface area (TPSA) is 75.9 Å². The van der Waals surface area contributed by atoms with Crippen LogP contribution in [0.4, 0.5) is 0 Å². The van der Waals surface area contributed by atoms with E-state index in [0.717, 1.165) is 10.8 Å². The number of hydrogen-bond donors (Lipinski definition) is 1. The fraction of sp³-hybridized carbons (Fsp3) is 0.368. The minimum absolute atomic E-state index is 0.00472. The van der Waals surface area contributed by atoms with Crippen molar-refractivity contribution < 1.29 is 14.3 Å². The zero-order valence-corrected chi connectivity index (χ0v) is 14.2. The van der Waals surface area contributed by atoms with Crippen molar-refractivity contribution in [2.75, 3.05) is 39.3 Å². The Morgan fingerprint density at radius 1 is 0.920 bits per heavy atom. The second-order valence-electron chi connectivity index (χ2n) is 6.07. The van der Waals surface area contributed by atoms with Gasteiger partial charge in [0.1, 0.15) is 5.75 Å². The molecule has 0 bridgehead atoms. The van der Waals surface area contributed by atoms with Crippen LogP contribution in [0.25, 0.3) is 10.8 Å². The highest BCUT2D eigenvalue weighted by atomic mass is 16.5. The van der Waals surface area contributed by atoms with Crippen molar-refractivity contribution in [3.05, 3.63) is 42.5 Å². The first-order chi connectivity index (χ1) is 12.2. The van der Waals surface area contributed by atoms with E-state index in [4.69, 9.17) is 10.5 Å². The van der Waals surface area contributed by atoms with Crippen LogP contribution in [0, 0.1) is 0 Å².